The van der Waals surface area contributed by atoms with Crippen LogP contribution in [0.25, 0.3) is 0 Å². The van der Waals surface area contributed by atoms with Crippen molar-refractivity contribution in [3.63, 3.8) is 0 Å². The molecule has 0 saturated carbocycles. The Hall–Kier alpha value is -2.45. The lowest BCUT2D eigenvalue weighted by molar-refractivity contribution is 0.372. The number of aromatic nitrogens is 3. The van der Waals surface area contributed by atoms with Gasteiger partial charge in [0.15, 0.2) is 17.3 Å². The molecule has 0 fully saturated rings. The molecule has 0 spiro atoms. The van der Waals surface area contributed by atoms with Crippen LogP contribution in [0.15, 0.2) is 52.0 Å². The highest BCUT2D eigenvalue weighted by Gasteiger charge is 2.10. The zero-order chi connectivity index (χ0) is 18.5. The Bertz CT molecular complexity index is 983. The lowest BCUT2D eigenvalue weighted by Crippen LogP contribution is -2.02. The smallest absolute Gasteiger partial charge is 0.216 e. The maximum atomic E-state index is 10.1. The molecule has 8 heteroatoms. The van der Waals surface area contributed by atoms with E-state index in [0.717, 1.165) is 12.2 Å². The molecule has 0 unspecified atom stereocenters. The van der Waals surface area contributed by atoms with Crippen LogP contribution in [0.1, 0.15) is 17.0 Å². The Morgan fingerprint density at radius 1 is 1.27 bits per heavy atom. The van der Waals surface area contributed by atoms with Gasteiger partial charge in [-0.1, -0.05) is 30.3 Å². The topological polar surface area (TPSA) is 75.4 Å². The molecular formula is C18H17BrN4O2S. The lowest BCUT2D eigenvalue weighted by Gasteiger charge is -2.07. The van der Waals surface area contributed by atoms with Gasteiger partial charge in [-0.2, -0.15) is 14.9 Å². The molecule has 0 aliphatic carbocycles. The number of phenols is 1. The van der Waals surface area contributed by atoms with Crippen LogP contribution >= 0.6 is 28.1 Å². The number of ether oxygens (including phenoxy) is 1. The van der Waals surface area contributed by atoms with E-state index >= 15 is 0 Å². The number of aromatic amines is 1. The summed E-state index contributed by atoms with van der Waals surface area (Å²) in [6.45, 7) is 0. The Labute approximate surface area is 164 Å². The number of nitrogens with zero attached hydrogens (tertiary/aromatic N) is 3. The van der Waals surface area contributed by atoms with E-state index in [9.17, 15) is 5.11 Å². The Kier molecular flexibility index (Phi) is 5.85. The molecular weight excluding hydrogens is 416 g/mol. The van der Waals surface area contributed by atoms with Crippen molar-refractivity contribution >= 4 is 34.4 Å². The van der Waals surface area contributed by atoms with E-state index < -0.39 is 0 Å². The van der Waals surface area contributed by atoms with Gasteiger partial charge >= 0.3 is 0 Å². The van der Waals surface area contributed by atoms with Gasteiger partial charge in [-0.3, -0.25) is 5.10 Å². The number of hydrogen-bond donors (Lipinski definition) is 2. The summed E-state index contributed by atoms with van der Waals surface area (Å²) in [5.74, 6) is 1.15. The molecule has 1 heterocycles. The number of benzene rings is 2. The van der Waals surface area contributed by atoms with Crippen molar-refractivity contribution in [1.82, 2.24) is 14.9 Å². The summed E-state index contributed by atoms with van der Waals surface area (Å²) in [6.07, 6.45) is 3.15. The normalized spacial score (nSPS) is 11.2. The summed E-state index contributed by atoms with van der Waals surface area (Å²) >= 11 is 8.62. The van der Waals surface area contributed by atoms with Gasteiger partial charge in [0.2, 0.25) is 4.77 Å². The SMILES string of the molecule is COc1ccc(/C=N\n2c(CCc3ccccc3)n[nH]c2=S)c(Br)c1O. The molecule has 0 aliphatic heterocycles. The predicted molar refractivity (Wildman–Crippen MR) is 107 cm³/mol. The summed E-state index contributed by atoms with van der Waals surface area (Å²) in [6, 6.07) is 13.6. The fourth-order valence-electron chi connectivity index (χ4n) is 2.45. The molecule has 0 aliphatic rings. The molecule has 0 bridgehead atoms. The van der Waals surface area contributed by atoms with E-state index in [0.29, 0.717) is 27.0 Å². The molecule has 6 nitrogen and oxygen atoms in total. The maximum absolute atomic E-state index is 10.1. The summed E-state index contributed by atoms with van der Waals surface area (Å²) in [5.41, 5.74) is 1.92. The molecule has 26 heavy (non-hydrogen) atoms. The number of H-pyrrole nitrogens is 1. The predicted octanol–water partition coefficient (Wildman–Crippen LogP) is 4.08. The summed E-state index contributed by atoms with van der Waals surface area (Å²) in [4.78, 5) is 0. The van der Waals surface area contributed by atoms with Crippen molar-refractivity contribution in [3.05, 3.63) is 68.7 Å². The number of aryl methyl sites for hydroxylation is 2. The van der Waals surface area contributed by atoms with E-state index in [4.69, 9.17) is 17.0 Å². The van der Waals surface area contributed by atoms with Crippen LogP contribution in [0.4, 0.5) is 0 Å². The first-order valence-electron chi connectivity index (χ1n) is 7.90. The van der Waals surface area contributed by atoms with Crippen molar-refractivity contribution in [1.29, 1.82) is 0 Å². The maximum Gasteiger partial charge on any atom is 0.216 e. The highest BCUT2D eigenvalue weighted by molar-refractivity contribution is 9.10. The minimum Gasteiger partial charge on any atom is -0.503 e. The third-order valence-corrected chi connectivity index (χ3v) is 4.94. The molecule has 1 aromatic heterocycles. The second-order valence-corrected chi connectivity index (χ2v) is 6.69. The first-order valence-corrected chi connectivity index (χ1v) is 9.10. The number of rotatable bonds is 6. The Morgan fingerprint density at radius 2 is 2.04 bits per heavy atom. The van der Waals surface area contributed by atoms with Crippen molar-refractivity contribution in [2.45, 2.75) is 12.8 Å². The lowest BCUT2D eigenvalue weighted by atomic mass is 10.1. The first kappa shape index (κ1) is 18.3. The van der Waals surface area contributed by atoms with E-state index in [1.165, 1.54) is 12.7 Å². The zero-order valence-electron chi connectivity index (χ0n) is 14.0. The second kappa shape index (κ2) is 8.29. The van der Waals surface area contributed by atoms with Gasteiger partial charge in [0.05, 0.1) is 17.8 Å². The van der Waals surface area contributed by atoms with Crippen LogP contribution < -0.4 is 4.74 Å². The summed E-state index contributed by atoms with van der Waals surface area (Å²) < 4.78 is 7.59. The first-order chi connectivity index (χ1) is 12.6. The fraction of sp³-hybridized carbons (Fsp3) is 0.167. The number of methoxy groups -OCH3 is 1. The molecule has 3 rings (SSSR count). The van der Waals surface area contributed by atoms with E-state index in [1.54, 1.807) is 23.0 Å². The second-order valence-electron chi connectivity index (χ2n) is 5.51. The van der Waals surface area contributed by atoms with Gasteiger partial charge < -0.3 is 9.84 Å². The molecule has 0 saturated heterocycles. The minimum atomic E-state index is 0.0246. The van der Waals surface area contributed by atoms with Gasteiger partial charge in [-0.25, -0.2) is 0 Å². The average Bonchev–Trinajstić information content (AvgIpc) is 3.02. The molecule has 0 radical (unpaired) electrons. The highest BCUT2D eigenvalue weighted by atomic mass is 79.9. The standard InChI is InChI=1S/C18H17BrN4O2S/c1-25-14-9-8-13(16(19)17(14)24)11-20-23-15(21-22-18(23)26)10-7-12-5-3-2-4-6-12/h2-6,8-9,11,24H,7,10H2,1H3,(H,22,26)/b20-11-. The van der Waals surface area contributed by atoms with Crippen LogP contribution in [0.2, 0.25) is 0 Å². The van der Waals surface area contributed by atoms with Gasteiger partial charge in [0.25, 0.3) is 0 Å². The molecule has 3 aromatic rings. The van der Waals surface area contributed by atoms with Crippen LogP contribution in [-0.4, -0.2) is 33.3 Å². The minimum absolute atomic E-state index is 0.0246. The summed E-state index contributed by atoms with van der Waals surface area (Å²) in [7, 11) is 1.50. The molecule has 2 aromatic carbocycles. The number of hydrogen-bond acceptors (Lipinski definition) is 5. The Morgan fingerprint density at radius 3 is 2.77 bits per heavy atom. The van der Waals surface area contributed by atoms with Crippen LogP contribution in [0.5, 0.6) is 11.5 Å². The van der Waals surface area contributed by atoms with Gasteiger partial charge in [-0.15, -0.1) is 0 Å². The summed E-state index contributed by atoms with van der Waals surface area (Å²) in [5, 5.41) is 21.5. The average molecular weight is 433 g/mol. The third kappa shape index (κ3) is 4.03. The van der Waals surface area contributed by atoms with Crippen LogP contribution in [0.3, 0.4) is 0 Å². The van der Waals surface area contributed by atoms with Crippen molar-refractivity contribution in [2.75, 3.05) is 7.11 Å². The molecule has 0 amide bonds. The Balaban J connectivity index is 1.82. The van der Waals surface area contributed by atoms with E-state index in [-0.39, 0.29) is 5.75 Å². The number of aromatic hydroxyl groups is 1. The van der Waals surface area contributed by atoms with Crippen molar-refractivity contribution < 1.29 is 9.84 Å². The quantitative estimate of drug-likeness (QED) is 0.454. The van der Waals surface area contributed by atoms with Crippen molar-refractivity contribution in [2.24, 2.45) is 5.10 Å². The van der Waals surface area contributed by atoms with Gasteiger partial charge in [0.1, 0.15) is 0 Å². The number of halogens is 1. The zero-order valence-corrected chi connectivity index (χ0v) is 16.4. The van der Waals surface area contributed by atoms with E-state index in [2.05, 4.69) is 43.4 Å². The largest absolute Gasteiger partial charge is 0.503 e. The third-order valence-electron chi connectivity index (χ3n) is 3.84. The van der Waals surface area contributed by atoms with Gasteiger partial charge in [-0.05, 0) is 52.3 Å². The van der Waals surface area contributed by atoms with E-state index in [1.807, 2.05) is 18.2 Å². The number of nitrogens with one attached hydrogen (secondary N) is 1. The molecule has 134 valence electrons. The molecule has 0 atom stereocenters. The van der Waals surface area contributed by atoms with Crippen LogP contribution in [0, 0.1) is 4.77 Å². The van der Waals surface area contributed by atoms with Crippen LogP contribution in [-0.2, 0) is 12.8 Å². The fourth-order valence-corrected chi connectivity index (χ4v) is 3.08. The molecule has 2 N–H and O–H groups in total. The van der Waals surface area contributed by atoms with Gasteiger partial charge in [0, 0.05) is 12.0 Å². The van der Waals surface area contributed by atoms with Crippen molar-refractivity contribution in [3.8, 4) is 11.5 Å². The number of phenolic OH excluding ortho intramolecular Hbond substituents is 1. The highest BCUT2D eigenvalue weighted by Crippen LogP contribution is 2.35. The monoisotopic (exact) mass is 432 g/mol.